The van der Waals surface area contributed by atoms with Crippen LogP contribution in [0.25, 0.3) is 0 Å². The Kier molecular flexibility index (Phi) is 4.90. The quantitative estimate of drug-likeness (QED) is 0.393. The number of hydrogen-bond acceptors (Lipinski definition) is 4. The number of allylic oxidation sites excluding steroid dienone is 2. The molecule has 1 saturated heterocycles. The van der Waals surface area contributed by atoms with Crippen LogP contribution in [0.2, 0.25) is 0 Å². The third-order valence-electron chi connectivity index (χ3n) is 1.98. The summed E-state index contributed by atoms with van der Waals surface area (Å²) in [6.45, 7) is 3.25. The van der Waals surface area contributed by atoms with Crippen LogP contribution < -0.4 is 0 Å². The summed E-state index contributed by atoms with van der Waals surface area (Å²) in [5, 5.41) is 0. The minimum atomic E-state index is -0.192. The van der Waals surface area contributed by atoms with Gasteiger partial charge in [-0.3, -0.25) is 4.79 Å². The average Bonchev–Trinajstić information content (AvgIpc) is 2.64. The lowest BCUT2D eigenvalue weighted by Crippen LogP contribution is -2.03. The number of esters is 1. The topological polar surface area (TPSA) is 44.8 Å². The minimum absolute atomic E-state index is 0.192. The molecule has 0 saturated carbocycles. The second-order valence-electron chi connectivity index (χ2n) is 3.15. The third kappa shape index (κ3) is 3.75. The van der Waals surface area contributed by atoms with Gasteiger partial charge in [0.15, 0.2) is 0 Å². The molecule has 4 heteroatoms. The first-order chi connectivity index (χ1) is 7.27. The summed E-state index contributed by atoms with van der Waals surface area (Å²) in [6.07, 6.45) is 4.04. The van der Waals surface area contributed by atoms with Gasteiger partial charge in [0.05, 0.1) is 13.0 Å². The van der Waals surface area contributed by atoms with E-state index in [1.807, 2.05) is 19.1 Å². The molecule has 0 radical (unpaired) electrons. The largest absolute Gasteiger partial charge is 0.491 e. The standard InChI is InChI=1S/C11H16O4/c1-3-4-10(14-6-5-13-2)9-7-11(12)15-8-9/h3-4H,5-8H2,1-2H3/b4-3-,10-9-. The number of ether oxygens (including phenoxy) is 3. The minimum Gasteiger partial charge on any atom is -0.491 e. The lowest BCUT2D eigenvalue weighted by atomic mass is 10.2. The first-order valence-electron chi connectivity index (χ1n) is 4.90. The summed E-state index contributed by atoms with van der Waals surface area (Å²) in [5.74, 6) is 0.530. The predicted octanol–water partition coefficient (Wildman–Crippen LogP) is 1.43. The summed E-state index contributed by atoms with van der Waals surface area (Å²) in [4.78, 5) is 10.9. The van der Waals surface area contributed by atoms with Gasteiger partial charge in [-0.1, -0.05) is 6.08 Å². The van der Waals surface area contributed by atoms with Crippen molar-refractivity contribution in [1.29, 1.82) is 0 Å². The van der Waals surface area contributed by atoms with Crippen LogP contribution >= 0.6 is 0 Å². The average molecular weight is 212 g/mol. The Labute approximate surface area is 89.5 Å². The first-order valence-corrected chi connectivity index (χ1v) is 4.90. The summed E-state index contributed by atoms with van der Waals surface area (Å²) >= 11 is 0. The molecule has 0 aromatic carbocycles. The molecule has 0 bridgehead atoms. The van der Waals surface area contributed by atoms with E-state index in [0.717, 1.165) is 11.3 Å². The molecule has 0 N–H and O–H groups in total. The molecule has 1 heterocycles. The third-order valence-corrected chi connectivity index (χ3v) is 1.98. The molecule has 0 aromatic rings. The maximum Gasteiger partial charge on any atom is 0.310 e. The molecule has 1 fully saturated rings. The van der Waals surface area contributed by atoms with E-state index in [4.69, 9.17) is 14.2 Å². The Morgan fingerprint density at radius 3 is 2.87 bits per heavy atom. The summed E-state index contributed by atoms with van der Waals surface area (Å²) < 4.78 is 15.2. The maximum atomic E-state index is 10.9. The molecule has 0 unspecified atom stereocenters. The van der Waals surface area contributed by atoms with Crippen LogP contribution in [0.5, 0.6) is 0 Å². The van der Waals surface area contributed by atoms with Gasteiger partial charge in [0.1, 0.15) is 19.0 Å². The zero-order chi connectivity index (χ0) is 11.1. The smallest absolute Gasteiger partial charge is 0.310 e. The van der Waals surface area contributed by atoms with Crippen LogP contribution in [-0.4, -0.2) is 32.9 Å². The van der Waals surface area contributed by atoms with Gasteiger partial charge in [-0.2, -0.15) is 0 Å². The summed E-state index contributed by atoms with van der Waals surface area (Å²) in [5.41, 5.74) is 0.897. The van der Waals surface area contributed by atoms with Crippen molar-refractivity contribution in [3.8, 4) is 0 Å². The monoisotopic (exact) mass is 212 g/mol. The van der Waals surface area contributed by atoms with E-state index in [1.165, 1.54) is 0 Å². The maximum absolute atomic E-state index is 10.9. The van der Waals surface area contributed by atoms with E-state index in [0.29, 0.717) is 26.2 Å². The number of carbonyl (C=O) groups excluding carboxylic acids is 1. The molecule has 0 amide bonds. The second-order valence-corrected chi connectivity index (χ2v) is 3.15. The normalized spacial score (nSPS) is 19.5. The molecule has 4 nitrogen and oxygen atoms in total. The van der Waals surface area contributed by atoms with Crippen molar-refractivity contribution in [2.24, 2.45) is 0 Å². The van der Waals surface area contributed by atoms with Crippen molar-refractivity contribution in [1.82, 2.24) is 0 Å². The van der Waals surface area contributed by atoms with Gasteiger partial charge in [0.2, 0.25) is 0 Å². The second kappa shape index (κ2) is 6.24. The fourth-order valence-electron chi connectivity index (χ4n) is 1.26. The predicted molar refractivity (Wildman–Crippen MR) is 55.2 cm³/mol. The molecule has 84 valence electrons. The van der Waals surface area contributed by atoms with Gasteiger partial charge in [-0.15, -0.1) is 0 Å². The molecular weight excluding hydrogens is 196 g/mol. The molecule has 0 atom stereocenters. The highest BCUT2D eigenvalue weighted by molar-refractivity contribution is 5.75. The molecule has 0 aromatic heterocycles. The zero-order valence-corrected chi connectivity index (χ0v) is 9.12. The highest BCUT2D eigenvalue weighted by atomic mass is 16.5. The molecule has 1 aliphatic rings. The SMILES string of the molecule is C/C=C\C(OCCOC)=C1\COC(=O)C1. The highest BCUT2D eigenvalue weighted by Crippen LogP contribution is 2.19. The van der Waals surface area contributed by atoms with Crippen molar-refractivity contribution >= 4 is 5.97 Å². The Balaban J connectivity index is 2.60. The molecule has 0 spiro atoms. The lowest BCUT2D eigenvalue weighted by molar-refractivity contribution is -0.137. The highest BCUT2D eigenvalue weighted by Gasteiger charge is 2.20. The van der Waals surface area contributed by atoms with Crippen LogP contribution in [0.4, 0.5) is 0 Å². The van der Waals surface area contributed by atoms with Crippen molar-refractivity contribution in [3.63, 3.8) is 0 Å². The van der Waals surface area contributed by atoms with E-state index in [-0.39, 0.29) is 5.97 Å². The zero-order valence-electron chi connectivity index (χ0n) is 9.12. The fourth-order valence-corrected chi connectivity index (χ4v) is 1.26. The van der Waals surface area contributed by atoms with Crippen LogP contribution in [-0.2, 0) is 19.0 Å². The number of cyclic esters (lactones) is 1. The van der Waals surface area contributed by atoms with Gasteiger partial charge < -0.3 is 14.2 Å². The summed E-state index contributed by atoms with van der Waals surface area (Å²) in [6, 6.07) is 0. The Morgan fingerprint density at radius 2 is 2.33 bits per heavy atom. The number of hydrogen-bond donors (Lipinski definition) is 0. The molecule has 15 heavy (non-hydrogen) atoms. The molecular formula is C11H16O4. The van der Waals surface area contributed by atoms with E-state index in [1.54, 1.807) is 7.11 Å². The molecule has 1 aliphatic heterocycles. The van der Waals surface area contributed by atoms with Crippen LogP contribution in [0.3, 0.4) is 0 Å². The van der Waals surface area contributed by atoms with Crippen molar-refractivity contribution in [3.05, 3.63) is 23.5 Å². The van der Waals surface area contributed by atoms with Gasteiger partial charge in [-0.25, -0.2) is 0 Å². The number of carbonyl (C=O) groups is 1. The van der Waals surface area contributed by atoms with Crippen molar-refractivity contribution in [2.75, 3.05) is 26.9 Å². The van der Waals surface area contributed by atoms with Crippen LogP contribution in [0.15, 0.2) is 23.5 Å². The number of methoxy groups -OCH3 is 1. The van der Waals surface area contributed by atoms with Crippen molar-refractivity contribution in [2.45, 2.75) is 13.3 Å². The lowest BCUT2D eigenvalue weighted by Gasteiger charge is -2.08. The Bertz CT molecular complexity index is 278. The Hall–Kier alpha value is -1.29. The Morgan fingerprint density at radius 1 is 1.53 bits per heavy atom. The van der Waals surface area contributed by atoms with Crippen LogP contribution in [0.1, 0.15) is 13.3 Å². The van der Waals surface area contributed by atoms with Gasteiger partial charge in [-0.05, 0) is 13.0 Å². The van der Waals surface area contributed by atoms with Gasteiger partial charge in [0.25, 0.3) is 0 Å². The van der Waals surface area contributed by atoms with Gasteiger partial charge >= 0.3 is 5.97 Å². The van der Waals surface area contributed by atoms with E-state index in [9.17, 15) is 4.79 Å². The van der Waals surface area contributed by atoms with Gasteiger partial charge in [0, 0.05) is 12.7 Å². The van der Waals surface area contributed by atoms with E-state index in [2.05, 4.69) is 0 Å². The summed E-state index contributed by atoms with van der Waals surface area (Å²) in [7, 11) is 1.62. The first kappa shape index (κ1) is 11.8. The van der Waals surface area contributed by atoms with E-state index < -0.39 is 0 Å². The molecule has 1 rings (SSSR count). The van der Waals surface area contributed by atoms with Crippen molar-refractivity contribution < 1.29 is 19.0 Å². The molecule has 0 aliphatic carbocycles. The van der Waals surface area contributed by atoms with E-state index >= 15 is 0 Å². The fraction of sp³-hybridized carbons (Fsp3) is 0.545. The van der Waals surface area contributed by atoms with Crippen LogP contribution in [0, 0.1) is 0 Å². The number of rotatable bonds is 5.